The fourth-order valence-corrected chi connectivity index (χ4v) is 6.07. The summed E-state index contributed by atoms with van der Waals surface area (Å²) in [5.74, 6) is 0.564. The first-order valence-corrected chi connectivity index (χ1v) is 12.3. The minimum atomic E-state index is -0.472. The molecule has 0 aliphatic carbocycles. The predicted molar refractivity (Wildman–Crippen MR) is 128 cm³/mol. The highest BCUT2D eigenvalue weighted by atomic mass is 35.5. The molecule has 0 N–H and O–H groups in total. The van der Waals surface area contributed by atoms with Gasteiger partial charge in [-0.05, 0) is 41.6 Å². The number of ether oxygens (including phenoxy) is 1. The van der Waals surface area contributed by atoms with Gasteiger partial charge >= 0.3 is 0 Å². The van der Waals surface area contributed by atoms with E-state index in [0.29, 0.717) is 10.6 Å². The molecule has 0 unspecified atom stereocenters. The Hall–Kier alpha value is -2.33. The van der Waals surface area contributed by atoms with E-state index in [1.807, 2.05) is 24.3 Å². The Labute approximate surface area is 201 Å². The molecule has 3 aromatic rings. The molecular formula is C22H16ClFN2O3S3. The van der Waals surface area contributed by atoms with E-state index in [9.17, 15) is 14.0 Å². The molecule has 32 heavy (non-hydrogen) atoms. The molecule has 1 aromatic heterocycles. The summed E-state index contributed by atoms with van der Waals surface area (Å²) in [7, 11) is 1.62. The first kappa shape index (κ1) is 22.8. The fourth-order valence-electron chi connectivity index (χ4n) is 2.86. The summed E-state index contributed by atoms with van der Waals surface area (Å²) in [6.45, 7) is -0.117. The molecule has 1 aliphatic rings. The number of carbonyl (C=O) groups is 2. The van der Waals surface area contributed by atoms with Crippen molar-refractivity contribution in [1.82, 2.24) is 9.88 Å². The third kappa shape index (κ3) is 5.17. The van der Waals surface area contributed by atoms with Crippen molar-refractivity contribution in [3.05, 3.63) is 80.4 Å². The van der Waals surface area contributed by atoms with E-state index in [0.717, 1.165) is 32.3 Å². The number of hydrogen-bond acceptors (Lipinski definition) is 7. The van der Waals surface area contributed by atoms with Crippen LogP contribution in [0.2, 0.25) is 5.15 Å². The second-order valence-electron chi connectivity index (χ2n) is 6.63. The molecule has 1 fully saturated rings. The maximum Gasteiger partial charge on any atom is 0.293 e. The predicted octanol–water partition coefficient (Wildman–Crippen LogP) is 6.47. The van der Waals surface area contributed by atoms with Crippen LogP contribution >= 0.6 is 46.5 Å². The standard InChI is InChI=1S/C22H16ClFN2O3S3/c1-29-15-8-6-13(7-9-15)12-30-21-25-19(23)17(31-21)10-18-20(27)26(22(28)32-18)11-14-4-2-3-5-16(14)24/h2-10H,11-12H2,1H3/b18-10+. The van der Waals surface area contributed by atoms with E-state index in [2.05, 4.69) is 4.98 Å². The minimum Gasteiger partial charge on any atom is -0.497 e. The Morgan fingerprint density at radius 2 is 1.94 bits per heavy atom. The number of carbonyl (C=O) groups excluding carboxylic acids is 2. The molecule has 2 amide bonds. The SMILES string of the molecule is COc1ccc(CSc2nc(Cl)c(/C=C3/SC(=O)N(Cc4ccccc4F)C3=O)s2)cc1. The highest BCUT2D eigenvalue weighted by Gasteiger charge is 2.35. The Balaban J connectivity index is 1.45. The van der Waals surface area contributed by atoms with Gasteiger partial charge in [-0.15, -0.1) is 11.3 Å². The lowest BCUT2D eigenvalue weighted by Gasteiger charge is -2.12. The smallest absolute Gasteiger partial charge is 0.293 e. The van der Waals surface area contributed by atoms with E-state index in [1.165, 1.54) is 29.2 Å². The lowest BCUT2D eigenvalue weighted by Crippen LogP contribution is -2.27. The number of aromatic nitrogens is 1. The summed E-state index contributed by atoms with van der Waals surface area (Å²) in [6.07, 6.45) is 1.57. The first-order chi connectivity index (χ1) is 15.4. The van der Waals surface area contributed by atoms with E-state index < -0.39 is 17.0 Å². The van der Waals surface area contributed by atoms with Crippen LogP contribution in [0.1, 0.15) is 16.0 Å². The van der Waals surface area contributed by atoms with Crippen molar-refractivity contribution in [1.29, 1.82) is 0 Å². The molecule has 5 nitrogen and oxygen atoms in total. The van der Waals surface area contributed by atoms with Crippen LogP contribution in [0.15, 0.2) is 57.8 Å². The largest absolute Gasteiger partial charge is 0.497 e. The van der Waals surface area contributed by atoms with Crippen LogP contribution in [0.4, 0.5) is 9.18 Å². The Morgan fingerprint density at radius 1 is 1.19 bits per heavy atom. The Kier molecular flexibility index (Phi) is 7.20. The Bertz CT molecular complexity index is 1200. The van der Waals surface area contributed by atoms with Crippen LogP contribution in [0, 0.1) is 5.82 Å². The van der Waals surface area contributed by atoms with Crippen LogP contribution in [0.3, 0.4) is 0 Å². The van der Waals surface area contributed by atoms with Crippen molar-refractivity contribution in [2.24, 2.45) is 0 Å². The number of benzene rings is 2. The van der Waals surface area contributed by atoms with Gasteiger partial charge < -0.3 is 4.74 Å². The minimum absolute atomic E-state index is 0.117. The van der Waals surface area contributed by atoms with Gasteiger partial charge in [-0.2, -0.15) is 0 Å². The zero-order valence-electron chi connectivity index (χ0n) is 16.7. The van der Waals surface area contributed by atoms with Crippen molar-refractivity contribution in [2.75, 3.05) is 7.11 Å². The van der Waals surface area contributed by atoms with Crippen LogP contribution in [-0.2, 0) is 17.1 Å². The van der Waals surface area contributed by atoms with Crippen molar-refractivity contribution in [2.45, 2.75) is 16.6 Å². The molecule has 0 saturated carbocycles. The summed E-state index contributed by atoms with van der Waals surface area (Å²) < 4.78 is 19.8. The zero-order chi connectivity index (χ0) is 22.7. The molecule has 164 valence electrons. The molecule has 2 aromatic carbocycles. The van der Waals surface area contributed by atoms with E-state index >= 15 is 0 Å². The average molecular weight is 507 g/mol. The first-order valence-electron chi connectivity index (χ1n) is 9.35. The quantitative estimate of drug-likeness (QED) is 0.270. The summed E-state index contributed by atoms with van der Waals surface area (Å²) in [4.78, 5) is 31.3. The summed E-state index contributed by atoms with van der Waals surface area (Å²) in [6, 6.07) is 13.8. The van der Waals surface area contributed by atoms with Crippen LogP contribution in [0.5, 0.6) is 5.75 Å². The van der Waals surface area contributed by atoms with Crippen molar-refractivity contribution in [3.8, 4) is 5.75 Å². The number of hydrogen-bond donors (Lipinski definition) is 0. The maximum atomic E-state index is 13.9. The average Bonchev–Trinajstić information content (AvgIpc) is 3.27. The molecule has 1 saturated heterocycles. The molecule has 0 spiro atoms. The molecule has 0 bridgehead atoms. The van der Waals surface area contributed by atoms with Crippen LogP contribution < -0.4 is 4.74 Å². The molecule has 4 rings (SSSR count). The third-order valence-corrected chi connectivity index (χ3v) is 8.06. The summed E-state index contributed by atoms with van der Waals surface area (Å²) in [5, 5.41) is -0.174. The second kappa shape index (κ2) is 10.1. The third-order valence-electron chi connectivity index (χ3n) is 4.53. The fraction of sp³-hybridized carbons (Fsp3) is 0.136. The number of methoxy groups -OCH3 is 1. The highest BCUT2D eigenvalue weighted by Crippen LogP contribution is 2.38. The van der Waals surface area contributed by atoms with Crippen molar-refractivity contribution >= 4 is 63.7 Å². The number of amides is 2. The van der Waals surface area contributed by atoms with Gasteiger partial charge in [0, 0.05) is 11.3 Å². The van der Waals surface area contributed by atoms with Crippen LogP contribution in [0.25, 0.3) is 6.08 Å². The monoisotopic (exact) mass is 506 g/mol. The molecule has 2 heterocycles. The number of thiazole rings is 1. The van der Waals surface area contributed by atoms with E-state index in [4.69, 9.17) is 16.3 Å². The number of halogens is 2. The highest BCUT2D eigenvalue weighted by molar-refractivity contribution is 8.18. The van der Waals surface area contributed by atoms with Gasteiger partial charge in [0.1, 0.15) is 16.7 Å². The molecule has 1 aliphatic heterocycles. The van der Waals surface area contributed by atoms with Crippen molar-refractivity contribution < 1.29 is 18.7 Å². The van der Waals surface area contributed by atoms with Gasteiger partial charge in [0.05, 0.1) is 23.4 Å². The normalized spacial score (nSPS) is 15.1. The molecule has 0 atom stereocenters. The van der Waals surface area contributed by atoms with Gasteiger partial charge in [-0.1, -0.05) is 53.7 Å². The van der Waals surface area contributed by atoms with Gasteiger partial charge in [-0.3, -0.25) is 14.5 Å². The lowest BCUT2D eigenvalue weighted by molar-refractivity contribution is -0.123. The maximum absolute atomic E-state index is 13.9. The van der Waals surface area contributed by atoms with Gasteiger partial charge in [0.15, 0.2) is 4.34 Å². The molecular weight excluding hydrogens is 491 g/mol. The van der Waals surface area contributed by atoms with Gasteiger partial charge in [0.2, 0.25) is 0 Å². The molecule has 10 heteroatoms. The van der Waals surface area contributed by atoms with Crippen LogP contribution in [-0.4, -0.2) is 28.1 Å². The second-order valence-corrected chi connectivity index (χ2v) is 10.2. The zero-order valence-corrected chi connectivity index (χ0v) is 19.9. The van der Waals surface area contributed by atoms with Gasteiger partial charge in [-0.25, -0.2) is 9.37 Å². The summed E-state index contributed by atoms with van der Waals surface area (Å²) >= 11 is 9.96. The Morgan fingerprint density at radius 3 is 2.66 bits per heavy atom. The van der Waals surface area contributed by atoms with Crippen molar-refractivity contribution in [3.63, 3.8) is 0 Å². The molecule has 0 radical (unpaired) electrons. The number of rotatable bonds is 7. The number of imide groups is 1. The summed E-state index contributed by atoms with van der Waals surface area (Å²) in [5.41, 5.74) is 1.39. The number of thioether (sulfide) groups is 2. The topological polar surface area (TPSA) is 59.5 Å². The van der Waals surface area contributed by atoms with E-state index in [1.54, 1.807) is 31.4 Å². The lowest BCUT2D eigenvalue weighted by atomic mass is 10.2. The number of nitrogens with zero attached hydrogens (tertiary/aromatic N) is 2. The van der Waals surface area contributed by atoms with Gasteiger partial charge in [0.25, 0.3) is 11.1 Å². The van der Waals surface area contributed by atoms with E-state index in [-0.39, 0.29) is 22.2 Å².